The van der Waals surface area contributed by atoms with Gasteiger partial charge < -0.3 is 14.4 Å². The summed E-state index contributed by atoms with van der Waals surface area (Å²) >= 11 is 1.61. The van der Waals surface area contributed by atoms with Gasteiger partial charge in [0, 0.05) is 50.9 Å². The van der Waals surface area contributed by atoms with Crippen molar-refractivity contribution in [2.24, 2.45) is 5.92 Å². The van der Waals surface area contributed by atoms with Gasteiger partial charge in [0.05, 0.1) is 28.8 Å². The summed E-state index contributed by atoms with van der Waals surface area (Å²) in [6.07, 6.45) is 1.63. The Bertz CT molecular complexity index is 1360. The third-order valence-electron chi connectivity index (χ3n) is 6.98. The van der Waals surface area contributed by atoms with E-state index in [2.05, 4.69) is 28.5 Å². The number of sulfonamides is 1. The van der Waals surface area contributed by atoms with Crippen molar-refractivity contribution in [2.75, 3.05) is 38.6 Å². The van der Waals surface area contributed by atoms with E-state index in [0.29, 0.717) is 36.7 Å². The molecule has 11 heteroatoms. The summed E-state index contributed by atoms with van der Waals surface area (Å²) in [4.78, 5) is 22.0. The Hall–Kier alpha value is -2.99. The Labute approximate surface area is 234 Å². The second kappa shape index (κ2) is 12.5. The Morgan fingerprint density at radius 3 is 2.56 bits per heavy atom. The number of likely N-dealkylation sites (N-methyl/N-ethyl adjacent to an activating group) is 1. The number of thiazole rings is 1. The molecule has 0 unspecified atom stereocenters. The minimum absolute atomic E-state index is 0.0122. The van der Waals surface area contributed by atoms with E-state index < -0.39 is 10.0 Å². The molecule has 1 N–H and O–H groups in total. The molecule has 2 heterocycles. The molecule has 3 aromatic rings. The maximum atomic E-state index is 13.5. The zero-order chi connectivity index (χ0) is 28.2. The lowest BCUT2D eigenvalue weighted by Gasteiger charge is -2.35. The van der Waals surface area contributed by atoms with Crippen molar-refractivity contribution in [1.82, 2.24) is 14.8 Å². The van der Waals surface area contributed by atoms with Crippen LogP contribution in [0.3, 0.4) is 0 Å². The summed E-state index contributed by atoms with van der Waals surface area (Å²) in [6.45, 7) is 8.19. The summed E-state index contributed by atoms with van der Waals surface area (Å²) in [5, 5.41) is 2.97. The lowest BCUT2D eigenvalue weighted by Crippen LogP contribution is -2.46. The number of nitrogens with one attached hydrogen (secondary N) is 1. The summed E-state index contributed by atoms with van der Waals surface area (Å²) < 4.78 is 40.7. The van der Waals surface area contributed by atoms with Gasteiger partial charge in [0.1, 0.15) is 17.4 Å². The normalized spacial score (nSPS) is 21.4. The van der Waals surface area contributed by atoms with Crippen LogP contribution in [0.4, 0.5) is 5.69 Å². The fourth-order valence-electron chi connectivity index (χ4n) is 4.57. The zero-order valence-electron chi connectivity index (χ0n) is 23.0. The summed E-state index contributed by atoms with van der Waals surface area (Å²) in [5.74, 6) is 0.241. The Kier molecular flexibility index (Phi) is 9.27. The van der Waals surface area contributed by atoms with Crippen molar-refractivity contribution in [3.63, 3.8) is 0 Å². The molecule has 0 saturated carbocycles. The number of amides is 1. The number of nitrogens with zero attached hydrogens (tertiary/aromatic N) is 3. The van der Waals surface area contributed by atoms with E-state index in [4.69, 9.17) is 9.47 Å². The minimum atomic E-state index is -3.82. The molecular weight excluding hydrogens is 536 g/mol. The fourth-order valence-corrected chi connectivity index (χ4v) is 6.26. The molecule has 0 bridgehead atoms. The molecule has 0 fully saturated rings. The van der Waals surface area contributed by atoms with Gasteiger partial charge in [-0.25, -0.2) is 13.4 Å². The highest BCUT2D eigenvalue weighted by atomic mass is 32.2. The van der Waals surface area contributed by atoms with Crippen LogP contribution in [0, 0.1) is 12.8 Å². The highest BCUT2D eigenvalue weighted by Gasteiger charge is 2.29. The largest absolute Gasteiger partial charge is 0.491 e. The number of anilines is 1. The highest BCUT2D eigenvalue weighted by Crippen LogP contribution is 2.28. The van der Waals surface area contributed by atoms with Crippen molar-refractivity contribution in [3.8, 4) is 5.75 Å². The van der Waals surface area contributed by atoms with Crippen molar-refractivity contribution < 1.29 is 22.7 Å². The SMILES string of the molecule is CO[C@@H]1CN(C)C(=O)c2ccc(NS(=O)(=O)c3ccc(C)cc3)cc2OC[C@H](C)N(Cc2nccs2)C[C@@H]1C. The standard InChI is InChI=1S/C28H36N4O5S2/c1-19-6-9-23(10-7-19)39(34,35)30-22-8-11-24-25(14-22)37-18-21(3)32(17-27-29-12-13-38-27)15-20(2)26(36-5)16-31(4)28(24)33/h6-14,20-21,26,30H,15-18H2,1-5H3/t20-,21-,26+/m0/s1. The second-order valence-corrected chi connectivity index (χ2v) is 12.7. The smallest absolute Gasteiger partial charge is 0.261 e. The van der Waals surface area contributed by atoms with Crippen LogP contribution < -0.4 is 9.46 Å². The minimum Gasteiger partial charge on any atom is -0.491 e. The fraction of sp³-hybridized carbons (Fsp3) is 0.429. The number of carbonyl (C=O) groups is 1. The molecule has 1 aromatic heterocycles. The first-order valence-electron chi connectivity index (χ1n) is 12.8. The number of aryl methyl sites for hydroxylation is 1. The summed E-state index contributed by atoms with van der Waals surface area (Å²) in [5.41, 5.74) is 1.64. The Balaban J connectivity index is 1.65. The molecule has 2 aromatic carbocycles. The number of methoxy groups -OCH3 is 1. The average molecular weight is 573 g/mol. The number of rotatable bonds is 6. The van der Waals surface area contributed by atoms with Gasteiger partial charge in [-0.05, 0) is 44.0 Å². The predicted molar refractivity (Wildman–Crippen MR) is 153 cm³/mol. The van der Waals surface area contributed by atoms with E-state index in [9.17, 15) is 13.2 Å². The second-order valence-electron chi connectivity index (χ2n) is 10.1. The Morgan fingerprint density at radius 1 is 1.15 bits per heavy atom. The molecular formula is C28H36N4O5S2. The third kappa shape index (κ3) is 7.16. The van der Waals surface area contributed by atoms with Crippen LogP contribution in [0.2, 0.25) is 0 Å². The first kappa shape index (κ1) is 29.0. The number of carbonyl (C=O) groups excluding carboxylic acids is 1. The first-order chi connectivity index (χ1) is 18.6. The molecule has 1 aliphatic rings. The summed E-state index contributed by atoms with van der Waals surface area (Å²) in [6, 6.07) is 11.4. The Morgan fingerprint density at radius 2 is 1.90 bits per heavy atom. The first-order valence-corrected chi connectivity index (χ1v) is 15.2. The highest BCUT2D eigenvalue weighted by molar-refractivity contribution is 7.92. The molecule has 0 radical (unpaired) electrons. The van der Waals surface area contributed by atoms with E-state index in [1.54, 1.807) is 79.1 Å². The van der Waals surface area contributed by atoms with Crippen LogP contribution in [0.25, 0.3) is 0 Å². The zero-order valence-corrected chi connectivity index (χ0v) is 24.6. The number of ether oxygens (including phenoxy) is 2. The topological polar surface area (TPSA) is 101 Å². The molecule has 1 aliphatic heterocycles. The van der Waals surface area contributed by atoms with E-state index in [1.165, 1.54) is 0 Å². The maximum absolute atomic E-state index is 13.5. The van der Waals surface area contributed by atoms with Gasteiger partial charge in [-0.1, -0.05) is 24.6 Å². The lowest BCUT2D eigenvalue weighted by molar-refractivity contribution is 0.00921. The molecule has 9 nitrogen and oxygen atoms in total. The summed E-state index contributed by atoms with van der Waals surface area (Å²) in [7, 11) is -0.411. The van der Waals surface area contributed by atoms with Crippen molar-refractivity contribution in [3.05, 3.63) is 70.2 Å². The van der Waals surface area contributed by atoms with Gasteiger partial charge in [-0.3, -0.25) is 14.4 Å². The van der Waals surface area contributed by atoms with E-state index in [1.807, 2.05) is 12.3 Å². The van der Waals surface area contributed by atoms with Crippen LogP contribution in [0.1, 0.15) is 34.8 Å². The molecule has 3 atom stereocenters. The average Bonchev–Trinajstić information content (AvgIpc) is 3.42. The molecule has 0 aliphatic carbocycles. The monoisotopic (exact) mass is 572 g/mol. The number of aromatic nitrogens is 1. The van der Waals surface area contributed by atoms with Crippen LogP contribution in [-0.2, 0) is 21.3 Å². The molecule has 4 rings (SSSR count). The quantitative estimate of drug-likeness (QED) is 0.471. The van der Waals surface area contributed by atoms with Gasteiger partial charge in [0.2, 0.25) is 0 Å². The third-order valence-corrected chi connectivity index (χ3v) is 9.14. The maximum Gasteiger partial charge on any atom is 0.261 e. The van der Waals surface area contributed by atoms with Gasteiger partial charge in [0.15, 0.2) is 0 Å². The predicted octanol–water partition coefficient (Wildman–Crippen LogP) is 4.26. The number of hydrogen-bond donors (Lipinski definition) is 1. The van der Waals surface area contributed by atoms with Crippen LogP contribution in [-0.4, -0.2) is 75.1 Å². The molecule has 39 heavy (non-hydrogen) atoms. The number of benzene rings is 2. The number of hydrogen-bond acceptors (Lipinski definition) is 8. The van der Waals surface area contributed by atoms with Gasteiger partial charge in [0.25, 0.3) is 15.9 Å². The van der Waals surface area contributed by atoms with Crippen molar-refractivity contribution in [2.45, 2.75) is 44.4 Å². The van der Waals surface area contributed by atoms with Crippen LogP contribution in [0.5, 0.6) is 5.75 Å². The lowest BCUT2D eigenvalue weighted by atomic mass is 10.0. The molecule has 0 spiro atoms. The molecule has 0 saturated heterocycles. The van der Waals surface area contributed by atoms with E-state index >= 15 is 0 Å². The van der Waals surface area contributed by atoms with Crippen molar-refractivity contribution in [1.29, 1.82) is 0 Å². The van der Waals surface area contributed by atoms with E-state index in [0.717, 1.165) is 17.1 Å². The van der Waals surface area contributed by atoms with Crippen LogP contribution >= 0.6 is 11.3 Å². The van der Waals surface area contributed by atoms with Crippen LogP contribution in [0.15, 0.2) is 58.9 Å². The van der Waals surface area contributed by atoms with Gasteiger partial charge in [-0.15, -0.1) is 11.3 Å². The van der Waals surface area contributed by atoms with Gasteiger partial charge >= 0.3 is 0 Å². The molecule has 210 valence electrons. The molecule has 1 amide bonds. The van der Waals surface area contributed by atoms with E-state index in [-0.39, 0.29) is 28.9 Å². The van der Waals surface area contributed by atoms with Gasteiger partial charge in [-0.2, -0.15) is 0 Å². The number of fused-ring (bicyclic) bond motifs is 1. The van der Waals surface area contributed by atoms with Crippen molar-refractivity contribution >= 4 is 33.0 Å².